The average molecular weight is 747 g/mol. The first-order chi connectivity index (χ1) is 21.0. The highest BCUT2D eigenvalue weighted by atomic mass is 127. The van der Waals surface area contributed by atoms with Crippen molar-refractivity contribution in [1.29, 1.82) is 0 Å². The highest BCUT2D eigenvalue weighted by Crippen LogP contribution is 2.44. The summed E-state index contributed by atoms with van der Waals surface area (Å²) in [6.07, 6.45) is -13.0. The number of hydrogen-bond acceptors (Lipinski definition) is 4. The summed E-state index contributed by atoms with van der Waals surface area (Å²) in [7, 11) is 1.42. The maximum absolute atomic E-state index is 15.0. The Morgan fingerprint density at radius 2 is 1.58 bits per heavy atom. The molecule has 4 aromatic carbocycles. The fraction of sp³-hybridized carbons (Fsp3) is 0.333. The van der Waals surface area contributed by atoms with Crippen LogP contribution in [0.15, 0.2) is 60.7 Å². The lowest BCUT2D eigenvalue weighted by Gasteiger charge is -2.26. The number of halogens is 8. The van der Waals surface area contributed by atoms with Crippen molar-refractivity contribution in [3.63, 3.8) is 0 Å². The lowest BCUT2D eigenvalue weighted by molar-refractivity contribution is -0.154. The van der Waals surface area contributed by atoms with Gasteiger partial charge in [-0.3, -0.25) is 0 Å². The second-order valence-corrected chi connectivity index (χ2v) is 12.5. The molecule has 0 amide bonds. The molecule has 1 aliphatic heterocycles. The molecule has 0 aliphatic carbocycles. The highest BCUT2D eigenvalue weighted by molar-refractivity contribution is 14.1. The molecular formula is C33H29F7INO3. The van der Waals surface area contributed by atoms with Gasteiger partial charge in [0.05, 0.1) is 18.2 Å². The van der Waals surface area contributed by atoms with Gasteiger partial charge in [0.25, 0.3) is 0 Å². The van der Waals surface area contributed by atoms with E-state index in [9.17, 15) is 35.8 Å². The maximum atomic E-state index is 15.0. The Morgan fingerprint density at radius 1 is 0.933 bits per heavy atom. The predicted molar refractivity (Wildman–Crippen MR) is 164 cm³/mol. The molecule has 4 nitrogen and oxygen atoms in total. The molecule has 0 aromatic heterocycles. The number of aliphatic hydroxyl groups is 1. The summed E-state index contributed by atoms with van der Waals surface area (Å²) >= 11 is 2.21. The van der Waals surface area contributed by atoms with Gasteiger partial charge >= 0.3 is 12.4 Å². The van der Waals surface area contributed by atoms with Gasteiger partial charge in [-0.15, -0.1) is 0 Å². The molecule has 1 N–H and O–H groups in total. The van der Waals surface area contributed by atoms with Gasteiger partial charge in [-0.25, -0.2) is 9.29 Å². The predicted octanol–water partition coefficient (Wildman–Crippen LogP) is 9.66. The summed E-state index contributed by atoms with van der Waals surface area (Å²) in [4.78, 5) is 1.45. The van der Waals surface area contributed by atoms with Crippen LogP contribution in [0.5, 0.6) is 5.75 Å². The van der Waals surface area contributed by atoms with Crippen LogP contribution in [0.3, 0.4) is 0 Å². The summed E-state index contributed by atoms with van der Waals surface area (Å²) in [5, 5.41) is 12.7. The van der Waals surface area contributed by atoms with E-state index in [0.717, 1.165) is 14.3 Å². The average Bonchev–Trinajstić information content (AvgIpc) is 3.24. The van der Waals surface area contributed by atoms with E-state index in [4.69, 9.17) is 9.47 Å². The molecule has 12 heteroatoms. The normalized spacial score (nSPS) is 19.6. The first-order valence-corrected chi connectivity index (χ1v) is 15.0. The van der Waals surface area contributed by atoms with E-state index in [1.54, 1.807) is 13.0 Å². The number of ether oxygens (including phenoxy) is 2. The Hall–Kier alpha value is -2.94. The van der Waals surface area contributed by atoms with Crippen LogP contribution in [0, 0.1) is 9.39 Å². The molecule has 45 heavy (non-hydrogen) atoms. The van der Waals surface area contributed by atoms with Crippen LogP contribution in [0.1, 0.15) is 60.6 Å². The zero-order valence-electron chi connectivity index (χ0n) is 24.5. The van der Waals surface area contributed by atoms with Crippen LogP contribution < -0.4 is 4.74 Å². The minimum atomic E-state index is -5.03. The Morgan fingerprint density at radius 3 is 2.16 bits per heavy atom. The number of aliphatic hydroxyl groups excluding tert-OH is 1. The molecule has 1 heterocycles. The minimum Gasteiger partial charge on any atom is -0.496 e. The largest absolute Gasteiger partial charge is 0.496 e. The van der Waals surface area contributed by atoms with Gasteiger partial charge in [0.2, 0.25) is 6.41 Å². The van der Waals surface area contributed by atoms with Gasteiger partial charge < -0.3 is 14.6 Å². The lowest BCUT2D eigenvalue weighted by Crippen LogP contribution is -2.35. The van der Waals surface area contributed by atoms with Crippen molar-refractivity contribution in [2.24, 2.45) is 0 Å². The zero-order valence-corrected chi connectivity index (χ0v) is 26.7. The van der Waals surface area contributed by atoms with Crippen LogP contribution in [-0.2, 0) is 23.6 Å². The van der Waals surface area contributed by atoms with Gasteiger partial charge in [-0.2, -0.15) is 26.3 Å². The second-order valence-electron chi connectivity index (χ2n) is 11.3. The van der Waals surface area contributed by atoms with Gasteiger partial charge in [-0.1, -0.05) is 26.0 Å². The van der Waals surface area contributed by atoms with Crippen molar-refractivity contribution < 1.29 is 45.3 Å². The number of fused-ring (bicyclic) bond motifs is 1. The molecule has 3 atom stereocenters. The van der Waals surface area contributed by atoms with E-state index in [-0.39, 0.29) is 29.8 Å². The number of benzene rings is 4. The number of methoxy groups -OCH3 is 1. The van der Waals surface area contributed by atoms with E-state index in [0.29, 0.717) is 34.4 Å². The molecule has 0 bridgehead atoms. The standard InChI is InChI=1S/C33H29F7INO3/c1-16(2)23-12-26(29(44-4)14-27(23)34)24-13-25-18(6-5-7-28(25)41)8-20(24)15-42-17(3)30(45-31(42)43)19-9-21(32(35,36)37)11-22(10-19)33(38,39)40/h5-14,16-17,30-31,43H,15H2,1-4H3/t17-,30-,31?/m0/s1. The first-order valence-electron chi connectivity index (χ1n) is 14.0. The molecule has 0 spiro atoms. The van der Waals surface area contributed by atoms with E-state index >= 15 is 0 Å². The maximum Gasteiger partial charge on any atom is 0.416 e. The Labute approximate surface area is 268 Å². The third-order valence-electron chi connectivity index (χ3n) is 8.09. The molecule has 1 saturated heterocycles. The molecule has 5 rings (SSSR count). The van der Waals surface area contributed by atoms with Gasteiger partial charge in [-0.05, 0) is 111 Å². The van der Waals surface area contributed by atoms with Crippen LogP contribution in [-0.4, -0.2) is 29.6 Å². The quantitative estimate of drug-likeness (QED) is 0.158. The van der Waals surface area contributed by atoms with E-state index < -0.39 is 47.9 Å². The minimum absolute atomic E-state index is 0.00177. The molecule has 1 fully saturated rings. The third-order valence-corrected chi connectivity index (χ3v) is 9.03. The topological polar surface area (TPSA) is 41.9 Å². The Bertz CT molecular complexity index is 1710. The van der Waals surface area contributed by atoms with Crippen molar-refractivity contribution >= 4 is 33.4 Å². The summed E-state index contributed by atoms with van der Waals surface area (Å²) in [5.74, 6) is -0.305. The summed E-state index contributed by atoms with van der Waals surface area (Å²) in [5.41, 5.74) is -0.931. The highest BCUT2D eigenvalue weighted by Gasteiger charge is 2.43. The zero-order chi connectivity index (χ0) is 33.0. The van der Waals surface area contributed by atoms with Crippen LogP contribution in [0.25, 0.3) is 21.9 Å². The van der Waals surface area contributed by atoms with E-state index in [1.165, 1.54) is 18.1 Å². The van der Waals surface area contributed by atoms with Gasteiger partial charge in [0, 0.05) is 27.8 Å². The fourth-order valence-corrected chi connectivity index (χ4v) is 6.40. The number of nitrogens with zero attached hydrogens (tertiary/aromatic N) is 1. The van der Waals surface area contributed by atoms with Crippen molar-refractivity contribution in [2.75, 3.05) is 7.11 Å². The van der Waals surface area contributed by atoms with Crippen LogP contribution in [0.4, 0.5) is 30.7 Å². The Kier molecular flexibility index (Phi) is 9.17. The molecular weight excluding hydrogens is 718 g/mol. The SMILES string of the molecule is COc1cc(F)c(C(C)C)cc1-c1cc2c(I)cccc2cc1CN1C(O)O[C@H](c2cc(C(F)(F)F)cc(C(F)(F)F)c2)[C@@H]1C. The second kappa shape index (κ2) is 12.3. The van der Waals surface area contributed by atoms with Crippen molar-refractivity contribution in [3.8, 4) is 16.9 Å². The lowest BCUT2D eigenvalue weighted by atomic mass is 9.91. The number of alkyl halides is 6. The van der Waals surface area contributed by atoms with Crippen molar-refractivity contribution in [3.05, 3.63) is 97.9 Å². The molecule has 1 aliphatic rings. The van der Waals surface area contributed by atoms with Crippen molar-refractivity contribution in [2.45, 2.75) is 64.1 Å². The molecule has 240 valence electrons. The molecule has 4 aromatic rings. The summed E-state index contributed by atoms with van der Waals surface area (Å²) in [6.45, 7) is 5.28. The van der Waals surface area contributed by atoms with Gasteiger partial charge in [0.1, 0.15) is 17.7 Å². The number of rotatable bonds is 6. The van der Waals surface area contributed by atoms with Crippen molar-refractivity contribution in [1.82, 2.24) is 4.90 Å². The van der Waals surface area contributed by atoms with Crippen LogP contribution in [0.2, 0.25) is 0 Å². The third kappa shape index (κ3) is 6.65. The van der Waals surface area contributed by atoms with Crippen LogP contribution >= 0.6 is 22.6 Å². The monoisotopic (exact) mass is 747 g/mol. The summed E-state index contributed by atoms with van der Waals surface area (Å²) in [6, 6.07) is 13.0. The van der Waals surface area contributed by atoms with Gasteiger partial charge in [0.15, 0.2) is 0 Å². The smallest absolute Gasteiger partial charge is 0.416 e. The summed E-state index contributed by atoms with van der Waals surface area (Å²) < 4.78 is 109. The van der Waals surface area contributed by atoms with E-state index in [2.05, 4.69) is 22.6 Å². The molecule has 1 unspecified atom stereocenters. The molecule has 0 saturated carbocycles. The number of hydrogen-bond donors (Lipinski definition) is 1. The van der Waals surface area contributed by atoms with E-state index in [1.807, 2.05) is 44.2 Å². The fourth-order valence-electron chi connectivity index (χ4n) is 5.73. The molecule has 0 radical (unpaired) electrons. The Balaban J connectivity index is 1.62. The first kappa shape index (κ1) is 33.4.